The van der Waals surface area contributed by atoms with Gasteiger partial charge in [0.15, 0.2) is 6.61 Å². The summed E-state index contributed by atoms with van der Waals surface area (Å²) in [5, 5.41) is 9.02. The van der Waals surface area contributed by atoms with Crippen LogP contribution in [0.2, 0.25) is 0 Å². The number of benzene rings is 1. The van der Waals surface area contributed by atoms with Crippen molar-refractivity contribution in [2.75, 3.05) is 6.61 Å². The minimum absolute atomic E-state index is 0.186. The number of aliphatic hydroxyl groups is 1. The van der Waals surface area contributed by atoms with Gasteiger partial charge in [-0.3, -0.25) is 0 Å². The Morgan fingerprint density at radius 2 is 2.00 bits per heavy atom. The average Bonchev–Trinajstić information content (AvgIpc) is 2.24. The van der Waals surface area contributed by atoms with Crippen LogP contribution in [-0.4, -0.2) is 17.9 Å². The van der Waals surface area contributed by atoms with Gasteiger partial charge in [0.25, 0.3) is 0 Å². The van der Waals surface area contributed by atoms with E-state index in [1.165, 1.54) is 6.07 Å². The molecule has 0 amide bonds. The first-order chi connectivity index (χ1) is 7.48. The van der Waals surface area contributed by atoms with Crippen molar-refractivity contribution in [3.05, 3.63) is 29.3 Å². The number of hydrogen-bond acceptors (Lipinski definition) is 2. The quantitative estimate of drug-likeness (QED) is 0.867. The second-order valence-electron chi connectivity index (χ2n) is 3.31. The molecule has 0 radical (unpaired) electrons. The maximum Gasteiger partial charge on any atom is 0.422 e. The zero-order valence-electron chi connectivity index (χ0n) is 8.84. The van der Waals surface area contributed by atoms with Crippen LogP contribution in [0, 0.1) is 0 Å². The number of aliphatic hydroxyl groups excluding tert-OH is 1. The van der Waals surface area contributed by atoms with Gasteiger partial charge in [0.1, 0.15) is 5.75 Å². The molecule has 0 saturated carbocycles. The first-order valence-electron chi connectivity index (χ1n) is 4.89. The van der Waals surface area contributed by atoms with Crippen molar-refractivity contribution in [1.82, 2.24) is 0 Å². The molecule has 0 aliphatic heterocycles. The molecule has 1 aromatic rings. The molecule has 0 fully saturated rings. The van der Waals surface area contributed by atoms with Gasteiger partial charge in [-0.2, -0.15) is 13.2 Å². The number of hydrogen-bond donors (Lipinski definition) is 1. The topological polar surface area (TPSA) is 29.5 Å². The standard InChI is InChI=1S/C11H13F3O2/c1-2-9-8(6-15)4-3-5-10(9)16-7-11(12,13)14/h3-5,15H,2,6-7H2,1H3. The summed E-state index contributed by atoms with van der Waals surface area (Å²) in [5.41, 5.74) is 1.22. The fourth-order valence-electron chi connectivity index (χ4n) is 1.46. The van der Waals surface area contributed by atoms with Gasteiger partial charge in [-0.15, -0.1) is 0 Å². The first-order valence-corrected chi connectivity index (χ1v) is 4.89. The molecule has 0 atom stereocenters. The minimum atomic E-state index is -4.35. The Morgan fingerprint density at radius 1 is 1.31 bits per heavy atom. The van der Waals surface area contributed by atoms with Crippen molar-refractivity contribution in [2.24, 2.45) is 0 Å². The van der Waals surface area contributed by atoms with E-state index in [4.69, 9.17) is 9.84 Å². The van der Waals surface area contributed by atoms with Gasteiger partial charge in [0, 0.05) is 0 Å². The summed E-state index contributed by atoms with van der Waals surface area (Å²) in [6, 6.07) is 4.71. The van der Waals surface area contributed by atoms with Crippen molar-refractivity contribution in [2.45, 2.75) is 26.1 Å². The molecule has 0 aliphatic rings. The van der Waals surface area contributed by atoms with Crippen molar-refractivity contribution in [3.8, 4) is 5.75 Å². The predicted molar refractivity (Wildman–Crippen MR) is 53.3 cm³/mol. The number of rotatable bonds is 4. The van der Waals surface area contributed by atoms with Gasteiger partial charge in [0.05, 0.1) is 6.61 Å². The monoisotopic (exact) mass is 234 g/mol. The summed E-state index contributed by atoms with van der Waals surface area (Å²) >= 11 is 0. The smallest absolute Gasteiger partial charge is 0.422 e. The van der Waals surface area contributed by atoms with Gasteiger partial charge in [0.2, 0.25) is 0 Å². The van der Waals surface area contributed by atoms with E-state index in [-0.39, 0.29) is 12.4 Å². The Kier molecular flexibility index (Phi) is 4.18. The van der Waals surface area contributed by atoms with Crippen molar-refractivity contribution in [1.29, 1.82) is 0 Å². The predicted octanol–water partition coefficient (Wildman–Crippen LogP) is 2.68. The summed E-state index contributed by atoms with van der Waals surface area (Å²) in [4.78, 5) is 0. The molecule has 0 heterocycles. The van der Waals surface area contributed by atoms with E-state index in [0.717, 1.165) is 0 Å². The summed E-state index contributed by atoms with van der Waals surface area (Å²) in [7, 11) is 0. The molecule has 2 nitrogen and oxygen atoms in total. The van der Waals surface area contributed by atoms with Gasteiger partial charge < -0.3 is 9.84 Å². The summed E-state index contributed by atoms with van der Waals surface area (Å²) < 4.78 is 40.7. The Morgan fingerprint density at radius 3 is 2.50 bits per heavy atom. The third-order valence-electron chi connectivity index (χ3n) is 2.15. The van der Waals surface area contributed by atoms with Crippen LogP contribution < -0.4 is 4.74 Å². The van der Waals surface area contributed by atoms with Crippen LogP contribution in [0.1, 0.15) is 18.1 Å². The van der Waals surface area contributed by atoms with Gasteiger partial charge >= 0.3 is 6.18 Å². The first kappa shape index (κ1) is 12.8. The van der Waals surface area contributed by atoms with Crippen LogP contribution in [0.25, 0.3) is 0 Å². The van der Waals surface area contributed by atoms with Crippen LogP contribution in [0.4, 0.5) is 13.2 Å². The highest BCUT2D eigenvalue weighted by Gasteiger charge is 2.28. The van der Waals surface area contributed by atoms with Crippen molar-refractivity contribution >= 4 is 0 Å². The summed E-state index contributed by atoms with van der Waals surface area (Å²) in [6.45, 7) is 0.288. The molecule has 5 heteroatoms. The lowest BCUT2D eigenvalue weighted by molar-refractivity contribution is -0.153. The lowest BCUT2D eigenvalue weighted by Gasteiger charge is -2.14. The second kappa shape index (κ2) is 5.21. The normalized spacial score (nSPS) is 11.6. The summed E-state index contributed by atoms with van der Waals surface area (Å²) in [5.74, 6) is 0.186. The zero-order valence-corrected chi connectivity index (χ0v) is 8.84. The molecule has 16 heavy (non-hydrogen) atoms. The van der Waals surface area contributed by atoms with E-state index in [9.17, 15) is 13.2 Å². The number of halogens is 3. The van der Waals surface area contributed by atoms with Gasteiger partial charge in [-0.25, -0.2) is 0 Å². The number of ether oxygens (including phenoxy) is 1. The van der Waals surface area contributed by atoms with E-state index in [2.05, 4.69) is 0 Å². The Bertz CT molecular complexity index is 348. The van der Waals surface area contributed by atoms with Crippen molar-refractivity contribution < 1.29 is 23.0 Å². The van der Waals surface area contributed by atoms with Crippen LogP contribution in [0.3, 0.4) is 0 Å². The molecular formula is C11H13F3O2. The highest BCUT2D eigenvalue weighted by molar-refractivity contribution is 5.40. The molecule has 0 unspecified atom stereocenters. The lowest BCUT2D eigenvalue weighted by atomic mass is 10.0. The molecule has 90 valence electrons. The fraction of sp³-hybridized carbons (Fsp3) is 0.455. The Labute approximate surface area is 91.7 Å². The lowest BCUT2D eigenvalue weighted by Crippen LogP contribution is -2.20. The van der Waals surface area contributed by atoms with E-state index in [1.54, 1.807) is 19.1 Å². The van der Waals surface area contributed by atoms with E-state index >= 15 is 0 Å². The van der Waals surface area contributed by atoms with E-state index in [0.29, 0.717) is 17.5 Å². The highest BCUT2D eigenvalue weighted by atomic mass is 19.4. The molecule has 1 rings (SSSR count). The Hall–Kier alpha value is -1.23. The van der Waals surface area contributed by atoms with Crippen LogP contribution in [0.15, 0.2) is 18.2 Å². The zero-order chi connectivity index (χ0) is 12.2. The maximum atomic E-state index is 12.0. The molecule has 0 aliphatic carbocycles. The average molecular weight is 234 g/mol. The van der Waals surface area contributed by atoms with Crippen LogP contribution >= 0.6 is 0 Å². The molecule has 1 N–H and O–H groups in total. The van der Waals surface area contributed by atoms with E-state index < -0.39 is 12.8 Å². The molecule has 1 aromatic carbocycles. The Balaban J connectivity index is 2.87. The second-order valence-corrected chi connectivity index (χ2v) is 3.31. The largest absolute Gasteiger partial charge is 0.484 e. The molecular weight excluding hydrogens is 221 g/mol. The maximum absolute atomic E-state index is 12.0. The molecule has 0 saturated heterocycles. The van der Waals surface area contributed by atoms with Gasteiger partial charge in [-0.1, -0.05) is 19.1 Å². The molecule has 0 bridgehead atoms. The SMILES string of the molecule is CCc1c(CO)cccc1OCC(F)(F)F. The van der Waals surface area contributed by atoms with Crippen LogP contribution in [0.5, 0.6) is 5.75 Å². The van der Waals surface area contributed by atoms with Gasteiger partial charge in [-0.05, 0) is 23.6 Å². The molecule has 0 aromatic heterocycles. The molecule has 0 spiro atoms. The van der Waals surface area contributed by atoms with Crippen molar-refractivity contribution in [3.63, 3.8) is 0 Å². The third kappa shape index (κ3) is 3.41. The highest BCUT2D eigenvalue weighted by Crippen LogP contribution is 2.25. The number of alkyl halides is 3. The summed E-state index contributed by atoms with van der Waals surface area (Å²) in [6.07, 6.45) is -3.83. The third-order valence-corrected chi connectivity index (χ3v) is 2.15. The minimum Gasteiger partial charge on any atom is -0.484 e. The van der Waals surface area contributed by atoms with Crippen LogP contribution in [-0.2, 0) is 13.0 Å². The van der Waals surface area contributed by atoms with E-state index in [1.807, 2.05) is 0 Å². The fourth-order valence-corrected chi connectivity index (χ4v) is 1.46.